The predicted octanol–water partition coefficient (Wildman–Crippen LogP) is 7.33. The van der Waals surface area contributed by atoms with Crippen molar-refractivity contribution in [3.8, 4) is 0 Å². The zero-order valence-corrected chi connectivity index (χ0v) is 18.4. The molecule has 1 N–H and O–H groups in total. The van der Waals surface area contributed by atoms with Crippen molar-refractivity contribution in [1.82, 2.24) is 5.32 Å². The highest BCUT2D eigenvalue weighted by atomic mass is 127. The van der Waals surface area contributed by atoms with Gasteiger partial charge in [0.15, 0.2) is 0 Å². The summed E-state index contributed by atoms with van der Waals surface area (Å²) in [5, 5.41) is 3.50. The second-order valence-corrected chi connectivity index (χ2v) is 7.76. The molecule has 1 fully saturated rings. The summed E-state index contributed by atoms with van der Waals surface area (Å²) in [5.74, 6) is 1.92. The molecule has 0 amide bonds. The van der Waals surface area contributed by atoms with Crippen molar-refractivity contribution in [3.05, 3.63) is 0 Å². The zero-order chi connectivity index (χ0) is 15.9. The van der Waals surface area contributed by atoms with Crippen LogP contribution in [0.1, 0.15) is 110 Å². The molecule has 2 unspecified atom stereocenters. The first-order valence-corrected chi connectivity index (χ1v) is 10.5. The molecule has 0 spiro atoms. The van der Waals surface area contributed by atoms with Crippen molar-refractivity contribution in [2.75, 3.05) is 13.1 Å². The van der Waals surface area contributed by atoms with E-state index in [9.17, 15) is 0 Å². The van der Waals surface area contributed by atoms with Crippen LogP contribution >= 0.6 is 24.0 Å². The third kappa shape index (κ3) is 13.6. The molecule has 0 aliphatic carbocycles. The van der Waals surface area contributed by atoms with Crippen LogP contribution in [0.2, 0.25) is 0 Å². The largest absolute Gasteiger partial charge is 0.316 e. The van der Waals surface area contributed by atoms with Crippen LogP contribution in [0.5, 0.6) is 0 Å². The molecule has 0 saturated carbocycles. The number of hydrogen-bond donors (Lipinski definition) is 1. The monoisotopic (exact) mass is 437 g/mol. The van der Waals surface area contributed by atoms with Crippen LogP contribution in [0, 0.1) is 11.8 Å². The number of unbranched alkanes of at least 4 members (excludes halogenated alkanes) is 12. The van der Waals surface area contributed by atoms with E-state index in [4.69, 9.17) is 0 Å². The third-order valence-corrected chi connectivity index (χ3v) is 5.67. The molecule has 0 aromatic carbocycles. The molecule has 0 bridgehead atoms. The molecule has 1 rings (SSSR count). The molecule has 140 valence electrons. The van der Waals surface area contributed by atoms with Crippen LogP contribution in [0.15, 0.2) is 0 Å². The Labute approximate surface area is 164 Å². The summed E-state index contributed by atoms with van der Waals surface area (Å²) in [6, 6.07) is 0. The number of halogens is 1. The molecule has 0 radical (unpaired) electrons. The second kappa shape index (κ2) is 17.5. The average molecular weight is 437 g/mol. The van der Waals surface area contributed by atoms with E-state index >= 15 is 0 Å². The number of hydrogen-bond acceptors (Lipinski definition) is 1. The summed E-state index contributed by atoms with van der Waals surface area (Å²) >= 11 is 0. The minimum absolute atomic E-state index is 0. The molecular weight excluding hydrogens is 393 g/mol. The summed E-state index contributed by atoms with van der Waals surface area (Å²) in [6.45, 7) is 7.30. The molecule has 1 heterocycles. The fourth-order valence-electron chi connectivity index (χ4n) is 3.88. The molecule has 1 saturated heterocycles. The Kier molecular flexibility index (Phi) is 18.0. The van der Waals surface area contributed by atoms with Crippen molar-refractivity contribution in [2.24, 2.45) is 11.8 Å². The van der Waals surface area contributed by atoms with Gasteiger partial charge in [0.1, 0.15) is 0 Å². The molecule has 0 aromatic rings. The van der Waals surface area contributed by atoms with E-state index in [0.717, 1.165) is 11.8 Å². The number of rotatable bonds is 15. The van der Waals surface area contributed by atoms with E-state index in [1.807, 2.05) is 0 Å². The lowest BCUT2D eigenvalue weighted by molar-refractivity contribution is 0.349. The zero-order valence-electron chi connectivity index (χ0n) is 16.1. The Bertz CT molecular complexity index is 226. The van der Waals surface area contributed by atoms with Gasteiger partial charge in [-0.1, -0.05) is 104 Å². The van der Waals surface area contributed by atoms with Crippen molar-refractivity contribution < 1.29 is 0 Å². The highest BCUT2D eigenvalue weighted by Gasteiger charge is 2.20. The Morgan fingerprint density at radius 1 is 0.783 bits per heavy atom. The maximum absolute atomic E-state index is 3.50. The van der Waals surface area contributed by atoms with E-state index in [1.165, 1.54) is 109 Å². The highest BCUT2D eigenvalue weighted by molar-refractivity contribution is 14.0. The summed E-state index contributed by atoms with van der Waals surface area (Å²) < 4.78 is 0. The van der Waals surface area contributed by atoms with E-state index in [2.05, 4.69) is 19.2 Å². The fraction of sp³-hybridized carbons (Fsp3) is 1.00. The molecule has 1 aliphatic rings. The van der Waals surface area contributed by atoms with Crippen LogP contribution < -0.4 is 5.32 Å². The first-order chi connectivity index (χ1) is 10.8. The Morgan fingerprint density at radius 3 is 1.70 bits per heavy atom. The summed E-state index contributed by atoms with van der Waals surface area (Å²) in [4.78, 5) is 0. The number of nitrogens with one attached hydrogen (secondary N) is 1. The first kappa shape index (κ1) is 23.7. The van der Waals surface area contributed by atoms with Crippen molar-refractivity contribution in [1.29, 1.82) is 0 Å². The highest BCUT2D eigenvalue weighted by Crippen LogP contribution is 2.24. The van der Waals surface area contributed by atoms with Crippen LogP contribution in [0.25, 0.3) is 0 Å². The van der Waals surface area contributed by atoms with Gasteiger partial charge in [-0.05, 0) is 31.3 Å². The van der Waals surface area contributed by atoms with Crippen molar-refractivity contribution >= 4 is 24.0 Å². The normalized spacial score (nSPS) is 18.8. The van der Waals surface area contributed by atoms with Gasteiger partial charge in [0, 0.05) is 0 Å². The predicted molar refractivity (Wildman–Crippen MR) is 116 cm³/mol. The Balaban J connectivity index is 0.00000484. The molecule has 1 aliphatic heterocycles. The third-order valence-electron chi connectivity index (χ3n) is 5.67. The first-order valence-electron chi connectivity index (χ1n) is 10.5. The smallest absolute Gasteiger partial charge is 0.00175 e. The van der Waals surface area contributed by atoms with Crippen LogP contribution in [0.4, 0.5) is 0 Å². The minimum Gasteiger partial charge on any atom is -0.316 e. The summed E-state index contributed by atoms with van der Waals surface area (Å²) in [5.41, 5.74) is 0. The topological polar surface area (TPSA) is 12.0 Å². The summed E-state index contributed by atoms with van der Waals surface area (Å²) in [6.07, 6.45) is 21.9. The Hall–Kier alpha value is 0.690. The molecule has 0 aromatic heterocycles. The molecule has 2 heteroatoms. The van der Waals surface area contributed by atoms with Gasteiger partial charge >= 0.3 is 0 Å². The van der Waals surface area contributed by atoms with Gasteiger partial charge in [0.25, 0.3) is 0 Å². The lowest BCUT2D eigenvalue weighted by Gasteiger charge is -2.17. The standard InChI is InChI=1S/C21H43N.HI/c1-3-4-5-6-7-8-9-10-11-12-13-14-15-16-20(2)21-17-18-22-19-21;/h20-22H,3-19H2,1-2H3;1H. The van der Waals surface area contributed by atoms with E-state index in [-0.39, 0.29) is 24.0 Å². The average Bonchev–Trinajstić information content (AvgIpc) is 3.06. The fourth-order valence-corrected chi connectivity index (χ4v) is 3.88. The van der Waals surface area contributed by atoms with Crippen LogP contribution in [-0.2, 0) is 0 Å². The summed E-state index contributed by atoms with van der Waals surface area (Å²) in [7, 11) is 0. The lowest BCUT2D eigenvalue weighted by Crippen LogP contribution is -2.15. The van der Waals surface area contributed by atoms with Gasteiger partial charge < -0.3 is 5.32 Å². The minimum atomic E-state index is 0. The second-order valence-electron chi connectivity index (χ2n) is 7.76. The van der Waals surface area contributed by atoms with Crippen molar-refractivity contribution in [2.45, 2.75) is 110 Å². The van der Waals surface area contributed by atoms with Gasteiger partial charge in [-0.3, -0.25) is 0 Å². The van der Waals surface area contributed by atoms with Gasteiger partial charge in [0.05, 0.1) is 0 Å². The van der Waals surface area contributed by atoms with Crippen LogP contribution in [0.3, 0.4) is 0 Å². The van der Waals surface area contributed by atoms with E-state index in [0.29, 0.717) is 0 Å². The maximum Gasteiger partial charge on any atom is -0.00175 e. The van der Waals surface area contributed by atoms with E-state index in [1.54, 1.807) is 0 Å². The van der Waals surface area contributed by atoms with Gasteiger partial charge in [0.2, 0.25) is 0 Å². The van der Waals surface area contributed by atoms with Gasteiger partial charge in [-0.15, -0.1) is 24.0 Å². The van der Waals surface area contributed by atoms with E-state index < -0.39 is 0 Å². The molecule has 2 atom stereocenters. The van der Waals surface area contributed by atoms with Crippen LogP contribution in [-0.4, -0.2) is 13.1 Å². The molecule has 1 nitrogen and oxygen atoms in total. The van der Waals surface area contributed by atoms with Gasteiger partial charge in [-0.2, -0.15) is 0 Å². The lowest BCUT2D eigenvalue weighted by atomic mass is 9.88. The maximum atomic E-state index is 3.50. The Morgan fingerprint density at radius 2 is 1.26 bits per heavy atom. The quantitative estimate of drug-likeness (QED) is 0.209. The molecular formula is C21H44IN. The van der Waals surface area contributed by atoms with Crippen molar-refractivity contribution in [3.63, 3.8) is 0 Å². The van der Waals surface area contributed by atoms with Gasteiger partial charge in [-0.25, -0.2) is 0 Å². The SMILES string of the molecule is CCCCCCCCCCCCCCCC(C)C1CCNC1.I. The molecule has 23 heavy (non-hydrogen) atoms.